The lowest BCUT2D eigenvalue weighted by atomic mass is 10.1. The van der Waals surface area contributed by atoms with Gasteiger partial charge in [0, 0.05) is 18.2 Å². The summed E-state index contributed by atoms with van der Waals surface area (Å²) in [5.41, 5.74) is 9.15. The summed E-state index contributed by atoms with van der Waals surface area (Å²) in [5, 5.41) is 2.90. The molecule has 0 fully saturated rings. The minimum absolute atomic E-state index is 0.0142. The van der Waals surface area contributed by atoms with Crippen molar-refractivity contribution < 1.29 is 4.79 Å². The zero-order valence-electron chi connectivity index (χ0n) is 10.3. The van der Waals surface area contributed by atoms with Gasteiger partial charge in [0.1, 0.15) is 0 Å². The van der Waals surface area contributed by atoms with E-state index in [1.165, 1.54) is 17.5 Å². The van der Waals surface area contributed by atoms with E-state index < -0.39 is 0 Å². The molecule has 0 spiro atoms. The van der Waals surface area contributed by atoms with E-state index in [0.717, 1.165) is 24.8 Å². The molecule has 92 valence electrons. The number of carbonyl (C=O) groups is 1. The van der Waals surface area contributed by atoms with Gasteiger partial charge in [0.05, 0.1) is 0 Å². The Kier molecular flexibility index (Phi) is 3.79. The molecule has 1 aromatic rings. The van der Waals surface area contributed by atoms with Crippen LogP contribution in [-0.4, -0.2) is 18.5 Å². The molecular weight excluding hydrogens is 212 g/mol. The first-order chi connectivity index (χ1) is 8.16. The van der Waals surface area contributed by atoms with Gasteiger partial charge in [-0.25, -0.2) is 0 Å². The first-order valence-electron chi connectivity index (χ1n) is 6.32. The van der Waals surface area contributed by atoms with Crippen molar-refractivity contribution in [2.24, 2.45) is 5.73 Å². The molecule has 1 aromatic carbocycles. The number of nitrogens with two attached hydrogens (primary N) is 1. The smallest absolute Gasteiger partial charge is 0.251 e. The van der Waals surface area contributed by atoms with E-state index in [1.54, 1.807) is 0 Å². The first-order valence-corrected chi connectivity index (χ1v) is 6.32. The van der Waals surface area contributed by atoms with Crippen LogP contribution < -0.4 is 11.1 Å². The fourth-order valence-electron chi connectivity index (χ4n) is 2.23. The maximum Gasteiger partial charge on any atom is 0.251 e. The summed E-state index contributed by atoms with van der Waals surface area (Å²) in [6.07, 6.45) is 4.29. The van der Waals surface area contributed by atoms with Gasteiger partial charge in [-0.05, 0) is 55.9 Å². The summed E-state index contributed by atoms with van der Waals surface area (Å²) in [4.78, 5) is 11.9. The summed E-state index contributed by atoms with van der Waals surface area (Å²) in [6.45, 7) is 2.59. The van der Waals surface area contributed by atoms with Gasteiger partial charge in [-0.3, -0.25) is 4.79 Å². The molecule has 0 aliphatic heterocycles. The van der Waals surface area contributed by atoms with Crippen molar-refractivity contribution in [3.05, 3.63) is 34.9 Å². The molecular formula is C14H20N2O. The van der Waals surface area contributed by atoms with E-state index in [2.05, 4.69) is 11.4 Å². The molecule has 1 aliphatic rings. The zero-order chi connectivity index (χ0) is 12.3. The highest BCUT2D eigenvalue weighted by Gasteiger charge is 2.13. The van der Waals surface area contributed by atoms with E-state index in [0.29, 0.717) is 6.54 Å². The topological polar surface area (TPSA) is 55.1 Å². The number of amides is 1. The summed E-state index contributed by atoms with van der Waals surface area (Å²) in [5.74, 6) is 0.0142. The van der Waals surface area contributed by atoms with Gasteiger partial charge in [0.15, 0.2) is 0 Å². The zero-order valence-corrected chi connectivity index (χ0v) is 10.3. The Labute approximate surface area is 102 Å². The first kappa shape index (κ1) is 12.1. The molecule has 1 amide bonds. The summed E-state index contributed by atoms with van der Waals surface area (Å²) in [7, 11) is 0. The monoisotopic (exact) mass is 232 g/mol. The molecule has 2 rings (SSSR count). The second-order valence-corrected chi connectivity index (χ2v) is 4.86. The Balaban J connectivity index is 1.95. The van der Waals surface area contributed by atoms with Gasteiger partial charge in [-0.1, -0.05) is 6.07 Å². The van der Waals surface area contributed by atoms with Gasteiger partial charge in [-0.2, -0.15) is 0 Å². The van der Waals surface area contributed by atoms with Crippen molar-refractivity contribution in [2.45, 2.75) is 38.6 Å². The quantitative estimate of drug-likeness (QED) is 0.829. The number of hydrogen-bond donors (Lipinski definition) is 2. The highest BCUT2D eigenvalue weighted by molar-refractivity contribution is 5.94. The fraction of sp³-hybridized carbons (Fsp3) is 0.500. The van der Waals surface area contributed by atoms with Crippen LogP contribution in [0.5, 0.6) is 0 Å². The number of nitrogens with one attached hydrogen (secondary N) is 1. The van der Waals surface area contributed by atoms with Crippen LogP contribution in [0.1, 0.15) is 41.3 Å². The van der Waals surface area contributed by atoms with Crippen molar-refractivity contribution >= 4 is 5.91 Å². The van der Waals surface area contributed by atoms with Gasteiger partial charge in [-0.15, -0.1) is 0 Å². The average molecular weight is 232 g/mol. The third-order valence-electron chi connectivity index (χ3n) is 3.25. The van der Waals surface area contributed by atoms with Crippen LogP contribution in [0, 0.1) is 0 Å². The molecule has 1 unspecified atom stereocenters. The summed E-state index contributed by atoms with van der Waals surface area (Å²) >= 11 is 0. The number of fused-ring (bicyclic) bond motifs is 1. The van der Waals surface area contributed by atoms with E-state index in [9.17, 15) is 4.79 Å². The van der Waals surface area contributed by atoms with Crippen molar-refractivity contribution in [3.63, 3.8) is 0 Å². The average Bonchev–Trinajstić information content (AvgIpc) is 2.75. The largest absolute Gasteiger partial charge is 0.352 e. The maximum atomic E-state index is 11.9. The normalized spacial score (nSPS) is 15.4. The van der Waals surface area contributed by atoms with E-state index in [-0.39, 0.29) is 11.9 Å². The third-order valence-corrected chi connectivity index (χ3v) is 3.25. The van der Waals surface area contributed by atoms with Crippen molar-refractivity contribution in [1.29, 1.82) is 0 Å². The van der Waals surface area contributed by atoms with E-state index in [4.69, 9.17) is 5.73 Å². The van der Waals surface area contributed by atoms with E-state index in [1.807, 2.05) is 19.1 Å². The van der Waals surface area contributed by atoms with Crippen LogP contribution in [0.4, 0.5) is 0 Å². The minimum Gasteiger partial charge on any atom is -0.352 e. The Morgan fingerprint density at radius 3 is 2.94 bits per heavy atom. The van der Waals surface area contributed by atoms with Crippen LogP contribution in [0.25, 0.3) is 0 Å². The maximum absolute atomic E-state index is 11.9. The number of carbonyl (C=O) groups excluding carboxylic acids is 1. The Bertz CT molecular complexity index is 413. The SMILES string of the molecule is CC(N)CCNC(=O)c1ccc2c(c1)CCC2. The predicted molar refractivity (Wildman–Crippen MR) is 69.1 cm³/mol. The molecule has 0 radical (unpaired) electrons. The molecule has 17 heavy (non-hydrogen) atoms. The van der Waals surface area contributed by atoms with Gasteiger partial charge < -0.3 is 11.1 Å². The Hall–Kier alpha value is -1.35. The molecule has 3 heteroatoms. The lowest BCUT2D eigenvalue weighted by Crippen LogP contribution is -2.29. The number of hydrogen-bond acceptors (Lipinski definition) is 2. The lowest BCUT2D eigenvalue weighted by Gasteiger charge is -2.08. The molecule has 0 bridgehead atoms. The fourth-order valence-corrected chi connectivity index (χ4v) is 2.23. The van der Waals surface area contributed by atoms with Crippen molar-refractivity contribution in [2.75, 3.05) is 6.54 Å². The van der Waals surface area contributed by atoms with Gasteiger partial charge in [0.2, 0.25) is 0 Å². The molecule has 0 aromatic heterocycles. The molecule has 1 aliphatic carbocycles. The molecule has 3 nitrogen and oxygen atoms in total. The van der Waals surface area contributed by atoms with E-state index >= 15 is 0 Å². The third kappa shape index (κ3) is 3.07. The number of benzene rings is 1. The summed E-state index contributed by atoms with van der Waals surface area (Å²) in [6, 6.07) is 6.17. The Morgan fingerprint density at radius 2 is 2.18 bits per heavy atom. The van der Waals surface area contributed by atoms with Crippen LogP contribution in [0.15, 0.2) is 18.2 Å². The highest BCUT2D eigenvalue weighted by atomic mass is 16.1. The standard InChI is InChI=1S/C14H20N2O/c1-10(15)7-8-16-14(17)13-6-5-11-3-2-4-12(11)9-13/h5-6,9-10H,2-4,7-8,15H2,1H3,(H,16,17). The van der Waals surface area contributed by atoms with Crippen LogP contribution in [0.3, 0.4) is 0 Å². The molecule has 0 heterocycles. The van der Waals surface area contributed by atoms with Crippen LogP contribution >= 0.6 is 0 Å². The van der Waals surface area contributed by atoms with Crippen LogP contribution in [-0.2, 0) is 12.8 Å². The number of rotatable bonds is 4. The number of aryl methyl sites for hydroxylation is 2. The highest BCUT2D eigenvalue weighted by Crippen LogP contribution is 2.22. The lowest BCUT2D eigenvalue weighted by molar-refractivity contribution is 0.0952. The van der Waals surface area contributed by atoms with Crippen molar-refractivity contribution in [3.8, 4) is 0 Å². The minimum atomic E-state index is 0.0142. The molecule has 3 N–H and O–H groups in total. The van der Waals surface area contributed by atoms with Gasteiger partial charge in [0.25, 0.3) is 5.91 Å². The second-order valence-electron chi connectivity index (χ2n) is 4.86. The predicted octanol–water partition coefficient (Wildman–Crippen LogP) is 1.64. The Morgan fingerprint density at radius 1 is 1.41 bits per heavy atom. The van der Waals surface area contributed by atoms with Crippen molar-refractivity contribution in [1.82, 2.24) is 5.32 Å². The van der Waals surface area contributed by atoms with Gasteiger partial charge >= 0.3 is 0 Å². The molecule has 0 saturated heterocycles. The van der Waals surface area contributed by atoms with Crippen LogP contribution in [0.2, 0.25) is 0 Å². The second kappa shape index (κ2) is 5.32. The molecule has 1 atom stereocenters. The summed E-state index contributed by atoms with van der Waals surface area (Å²) < 4.78 is 0. The molecule has 0 saturated carbocycles.